The Hall–Kier alpha value is 0.570. The van der Waals surface area contributed by atoms with Gasteiger partial charge in [-0.2, -0.15) is 0 Å². The quantitative estimate of drug-likeness (QED) is 0.617. The molecule has 11 heavy (non-hydrogen) atoms. The minimum absolute atomic E-state index is 0.229. The SMILES string of the molecule is NP(N)(=S)C12CCC(CC1)C2. The van der Waals surface area contributed by atoms with Crippen molar-refractivity contribution in [2.75, 3.05) is 0 Å². The molecule has 2 nitrogen and oxygen atoms in total. The molecule has 2 rings (SSSR count). The van der Waals surface area contributed by atoms with Crippen LogP contribution in [0, 0.1) is 5.92 Å². The van der Waals surface area contributed by atoms with Gasteiger partial charge in [-0.3, -0.25) is 11.0 Å². The molecule has 0 aromatic carbocycles. The molecule has 2 bridgehead atoms. The van der Waals surface area contributed by atoms with Gasteiger partial charge in [-0.25, -0.2) is 0 Å². The Morgan fingerprint density at radius 3 is 2.00 bits per heavy atom. The van der Waals surface area contributed by atoms with Crippen LogP contribution in [0.4, 0.5) is 0 Å². The molecule has 0 atom stereocenters. The van der Waals surface area contributed by atoms with Crippen LogP contribution in [0.15, 0.2) is 0 Å². The monoisotopic (exact) mass is 190 g/mol. The van der Waals surface area contributed by atoms with Crippen LogP contribution in [0.25, 0.3) is 0 Å². The van der Waals surface area contributed by atoms with Crippen molar-refractivity contribution in [3.05, 3.63) is 0 Å². The topological polar surface area (TPSA) is 52.0 Å². The molecule has 0 heterocycles. The van der Waals surface area contributed by atoms with E-state index in [1.54, 1.807) is 0 Å². The van der Waals surface area contributed by atoms with Crippen molar-refractivity contribution in [1.82, 2.24) is 0 Å². The summed E-state index contributed by atoms with van der Waals surface area (Å²) in [5.74, 6) is 0.907. The maximum atomic E-state index is 5.92. The summed E-state index contributed by atoms with van der Waals surface area (Å²) >= 11 is 5.25. The Morgan fingerprint density at radius 1 is 1.27 bits per heavy atom. The largest absolute Gasteiger partial charge is 0.291 e. The van der Waals surface area contributed by atoms with Crippen LogP contribution in [0.1, 0.15) is 32.1 Å². The molecule has 0 aromatic rings. The van der Waals surface area contributed by atoms with Crippen molar-refractivity contribution in [2.24, 2.45) is 16.9 Å². The van der Waals surface area contributed by atoms with Gasteiger partial charge in [-0.05, 0) is 38.0 Å². The predicted octanol–water partition coefficient (Wildman–Crippen LogP) is 1.55. The van der Waals surface area contributed by atoms with Crippen molar-refractivity contribution < 1.29 is 0 Å². The molecule has 0 unspecified atom stereocenters. The third kappa shape index (κ3) is 1.10. The van der Waals surface area contributed by atoms with E-state index in [0.717, 1.165) is 5.92 Å². The first-order valence-corrected chi connectivity index (χ1v) is 7.15. The van der Waals surface area contributed by atoms with Crippen LogP contribution >= 0.6 is 6.34 Å². The van der Waals surface area contributed by atoms with Crippen molar-refractivity contribution in [3.8, 4) is 0 Å². The minimum Gasteiger partial charge on any atom is -0.291 e. The molecular formula is C7H15N2PS. The zero-order valence-electron chi connectivity index (χ0n) is 6.62. The zero-order valence-corrected chi connectivity index (χ0v) is 8.33. The molecule has 4 N–H and O–H groups in total. The molecule has 4 heteroatoms. The number of nitrogens with two attached hydrogens (primary N) is 2. The highest BCUT2D eigenvalue weighted by molar-refractivity contribution is 8.13. The summed E-state index contributed by atoms with van der Waals surface area (Å²) in [5, 5.41) is 0.229. The van der Waals surface area contributed by atoms with Crippen molar-refractivity contribution in [1.29, 1.82) is 0 Å². The molecule has 0 aromatic heterocycles. The van der Waals surface area contributed by atoms with E-state index in [4.69, 9.17) is 22.8 Å². The normalized spacial score (nSPS) is 43.3. The fraction of sp³-hybridized carbons (Fsp3) is 1.00. The highest BCUT2D eigenvalue weighted by atomic mass is 32.4. The van der Waals surface area contributed by atoms with Gasteiger partial charge >= 0.3 is 0 Å². The number of fused-ring (bicyclic) bond motifs is 2. The van der Waals surface area contributed by atoms with Gasteiger partial charge < -0.3 is 0 Å². The molecule has 2 aliphatic carbocycles. The highest BCUT2D eigenvalue weighted by Crippen LogP contribution is 2.63. The van der Waals surface area contributed by atoms with Gasteiger partial charge in [-0.15, -0.1) is 0 Å². The standard InChI is InChI=1S/C7H15N2PS/c8-10(9,11)7-3-1-6(5-7)2-4-7/h6H,1-5H2,(H4,8,9,11). The molecule has 0 aliphatic heterocycles. The number of hydrogen-bond donors (Lipinski definition) is 2. The molecule has 64 valence electrons. The van der Waals surface area contributed by atoms with Gasteiger partial charge in [0.05, 0.1) is 6.34 Å². The van der Waals surface area contributed by atoms with E-state index < -0.39 is 6.34 Å². The number of hydrogen-bond acceptors (Lipinski definition) is 1. The average molecular weight is 190 g/mol. The van der Waals surface area contributed by atoms with E-state index in [0.29, 0.717) is 0 Å². The summed E-state index contributed by atoms with van der Waals surface area (Å²) in [6, 6.07) is 0. The van der Waals surface area contributed by atoms with Gasteiger partial charge in [0, 0.05) is 5.16 Å². The highest BCUT2D eigenvalue weighted by Gasteiger charge is 2.50. The summed E-state index contributed by atoms with van der Waals surface area (Å²) in [7, 11) is 0. The van der Waals surface area contributed by atoms with Gasteiger partial charge in [0.2, 0.25) is 0 Å². The Labute approximate surface area is 72.8 Å². The second-order valence-corrected chi connectivity index (χ2v) is 8.26. The first-order chi connectivity index (χ1) is 5.04. The lowest BCUT2D eigenvalue weighted by Gasteiger charge is -2.33. The summed E-state index contributed by atoms with van der Waals surface area (Å²) in [6.45, 7) is 0. The Kier molecular flexibility index (Phi) is 1.70. The van der Waals surface area contributed by atoms with E-state index in [1.165, 1.54) is 32.1 Å². The fourth-order valence-electron chi connectivity index (χ4n) is 2.65. The summed E-state index contributed by atoms with van der Waals surface area (Å²) in [6.07, 6.45) is 4.34. The van der Waals surface area contributed by atoms with Crippen LogP contribution in [0.3, 0.4) is 0 Å². The first-order valence-electron chi connectivity index (χ1n) is 4.21. The average Bonchev–Trinajstić information content (AvgIpc) is 2.42. The Morgan fingerprint density at radius 2 is 1.82 bits per heavy atom. The maximum absolute atomic E-state index is 5.92. The Bertz CT molecular complexity index is 214. The van der Waals surface area contributed by atoms with Crippen LogP contribution in [0.5, 0.6) is 0 Å². The van der Waals surface area contributed by atoms with Gasteiger partial charge in [0.25, 0.3) is 0 Å². The van der Waals surface area contributed by atoms with Crippen molar-refractivity contribution in [2.45, 2.75) is 37.3 Å². The number of rotatable bonds is 1. The molecule has 2 aliphatic rings. The van der Waals surface area contributed by atoms with E-state index in [9.17, 15) is 0 Å². The van der Waals surface area contributed by atoms with E-state index in [-0.39, 0.29) is 5.16 Å². The second-order valence-electron chi connectivity index (χ2n) is 4.08. The van der Waals surface area contributed by atoms with Crippen LogP contribution in [-0.2, 0) is 11.8 Å². The van der Waals surface area contributed by atoms with E-state index in [2.05, 4.69) is 0 Å². The van der Waals surface area contributed by atoms with Crippen LogP contribution in [-0.4, -0.2) is 5.16 Å². The fourth-order valence-corrected chi connectivity index (χ4v) is 4.92. The lowest BCUT2D eigenvalue weighted by Crippen LogP contribution is -2.31. The summed E-state index contributed by atoms with van der Waals surface area (Å²) in [5.41, 5.74) is 11.8. The van der Waals surface area contributed by atoms with Crippen molar-refractivity contribution in [3.63, 3.8) is 0 Å². The van der Waals surface area contributed by atoms with Crippen LogP contribution < -0.4 is 11.0 Å². The Balaban J connectivity index is 2.30. The first kappa shape index (κ1) is 8.18. The zero-order chi connectivity index (χ0) is 8.11. The lowest BCUT2D eigenvalue weighted by molar-refractivity contribution is 0.496. The smallest absolute Gasteiger partial charge is 0.0731 e. The van der Waals surface area contributed by atoms with Gasteiger partial charge in [-0.1, -0.05) is 11.8 Å². The molecule has 0 saturated heterocycles. The molecule has 0 radical (unpaired) electrons. The molecular weight excluding hydrogens is 175 g/mol. The molecule has 2 saturated carbocycles. The third-order valence-electron chi connectivity index (χ3n) is 3.45. The molecule has 2 fully saturated rings. The maximum Gasteiger partial charge on any atom is 0.0731 e. The van der Waals surface area contributed by atoms with Crippen LogP contribution in [0.2, 0.25) is 0 Å². The molecule has 0 spiro atoms. The summed E-state index contributed by atoms with van der Waals surface area (Å²) < 4.78 is 0. The third-order valence-corrected chi connectivity index (χ3v) is 6.72. The molecule has 0 amide bonds. The van der Waals surface area contributed by atoms with Crippen molar-refractivity contribution >= 4 is 18.1 Å². The van der Waals surface area contributed by atoms with Gasteiger partial charge in [0.1, 0.15) is 0 Å². The van der Waals surface area contributed by atoms with E-state index in [1.807, 2.05) is 0 Å². The van der Waals surface area contributed by atoms with Gasteiger partial charge in [0.15, 0.2) is 0 Å². The lowest BCUT2D eigenvalue weighted by atomic mass is 10.0. The predicted molar refractivity (Wildman–Crippen MR) is 52.0 cm³/mol. The summed E-state index contributed by atoms with van der Waals surface area (Å²) in [4.78, 5) is 0. The minimum atomic E-state index is -1.97. The second kappa shape index (κ2) is 2.29. The van der Waals surface area contributed by atoms with E-state index >= 15 is 0 Å².